The van der Waals surface area contributed by atoms with Gasteiger partial charge in [-0.2, -0.15) is 0 Å². The Bertz CT molecular complexity index is 603. The standard InChI is InChI=1S/C9H7N5O3/c15-5(1-2-6(16)17)14-9-7-8(11-3-10-7)12-4-13-9/h1-4H,(H,16,17)(H2,10,11,12,13,14,15). The number of nitrogens with zero attached hydrogens (tertiary/aromatic N) is 3. The van der Waals surface area contributed by atoms with Crippen molar-refractivity contribution in [1.29, 1.82) is 0 Å². The number of aliphatic carboxylic acids is 1. The average Bonchev–Trinajstić information content (AvgIpc) is 2.75. The third-order valence-corrected chi connectivity index (χ3v) is 1.84. The predicted molar refractivity (Wildman–Crippen MR) is 57.1 cm³/mol. The molecule has 86 valence electrons. The molecule has 8 heteroatoms. The van der Waals surface area contributed by atoms with Gasteiger partial charge in [0.1, 0.15) is 11.8 Å². The molecule has 2 rings (SSSR count). The number of H-pyrrole nitrogens is 1. The molecule has 0 spiro atoms. The molecule has 1 amide bonds. The van der Waals surface area contributed by atoms with Crippen LogP contribution in [0.25, 0.3) is 11.2 Å². The van der Waals surface area contributed by atoms with E-state index < -0.39 is 11.9 Å². The number of nitrogens with one attached hydrogen (secondary N) is 2. The maximum Gasteiger partial charge on any atom is 0.328 e. The minimum absolute atomic E-state index is 0.243. The molecule has 0 aliphatic rings. The van der Waals surface area contributed by atoms with Gasteiger partial charge in [-0.3, -0.25) is 4.79 Å². The summed E-state index contributed by atoms with van der Waals surface area (Å²) in [6.07, 6.45) is 4.30. The van der Waals surface area contributed by atoms with Gasteiger partial charge in [-0.25, -0.2) is 19.7 Å². The first-order chi connectivity index (χ1) is 8.16. The monoisotopic (exact) mass is 233 g/mol. The topological polar surface area (TPSA) is 121 Å². The number of aromatic amines is 1. The SMILES string of the molecule is O=C(O)C=CC(=O)Nc1ncnc2nc[nH]c12. The van der Waals surface area contributed by atoms with E-state index >= 15 is 0 Å². The predicted octanol–water partition coefficient (Wildman–Crippen LogP) is -0.0678. The minimum Gasteiger partial charge on any atom is -0.478 e. The van der Waals surface area contributed by atoms with Gasteiger partial charge in [0.2, 0.25) is 5.91 Å². The molecule has 0 aliphatic heterocycles. The Kier molecular flexibility index (Phi) is 2.77. The smallest absolute Gasteiger partial charge is 0.328 e. The fraction of sp³-hybridized carbons (Fsp3) is 0. The highest BCUT2D eigenvalue weighted by Gasteiger charge is 2.07. The van der Waals surface area contributed by atoms with Crippen molar-refractivity contribution in [3.63, 3.8) is 0 Å². The lowest BCUT2D eigenvalue weighted by Gasteiger charge is -2.00. The van der Waals surface area contributed by atoms with Crippen molar-refractivity contribution < 1.29 is 14.7 Å². The van der Waals surface area contributed by atoms with Crippen LogP contribution in [0.1, 0.15) is 0 Å². The number of rotatable bonds is 3. The van der Waals surface area contributed by atoms with Gasteiger partial charge in [-0.15, -0.1) is 0 Å². The summed E-state index contributed by atoms with van der Waals surface area (Å²) in [7, 11) is 0. The molecule has 0 saturated carbocycles. The second kappa shape index (κ2) is 4.39. The van der Waals surface area contributed by atoms with Crippen LogP contribution in [0.2, 0.25) is 0 Å². The van der Waals surface area contributed by atoms with Gasteiger partial charge in [0.15, 0.2) is 11.5 Å². The van der Waals surface area contributed by atoms with E-state index in [0.717, 1.165) is 12.2 Å². The zero-order valence-corrected chi connectivity index (χ0v) is 8.41. The summed E-state index contributed by atoms with van der Waals surface area (Å²) < 4.78 is 0. The first-order valence-electron chi connectivity index (χ1n) is 4.53. The summed E-state index contributed by atoms with van der Waals surface area (Å²) in [5, 5.41) is 10.8. The number of anilines is 1. The Morgan fingerprint density at radius 2 is 2.12 bits per heavy atom. The number of carbonyl (C=O) groups is 2. The zero-order chi connectivity index (χ0) is 12.3. The highest BCUT2D eigenvalue weighted by atomic mass is 16.4. The van der Waals surface area contributed by atoms with Crippen LogP contribution in [0.5, 0.6) is 0 Å². The molecule has 0 fully saturated rings. The van der Waals surface area contributed by atoms with E-state index in [1.54, 1.807) is 0 Å². The molecular formula is C9H7N5O3. The summed E-state index contributed by atoms with van der Waals surface area (Å²) in [5.74, 6) is -1.55. The van der Waals surface area contributed by atoms with E-state index in [9.17, 15) is 9.59 Å². The molecular weight excluding hydrogens is 226 g/mol. The normalized spacial score (nSPS) is 10.8. The Morgan fingerprint density at radius 3 is 2.88 bits per heavy atom. The van der Waals surface area contributed by atoms with E-state index in [2.05, 4.69) is 25.3 Å². The van der Waals surface area contributed by atoms with Crippen LogP contribution in [-0.4, -0.2) is 36.9 Å². The van der Waals surface area contributed by atoms with Gasteiger partial charge in [0, 0.05) is 12.2 Å². The van der Waals surface area contributed by atoms with Gasteiger partial charge in [0.05, 0.1) is 6.33 Å². The van der Waals surface area contributed by atoms with Gasteiger partial charge in [-0.05, 0) is 0 Å². The van der Waals surface area contributed by atoms with Crippen LogP contribution in [0, 0.1) is 0 Å². The molecule has 2 aromatic rings. The van der Waals surface area contributed by atoms with Crippen LogP contribution in [0.15, 0.2) is 24.8 Å². The second-order valence-electron chi connectivity index (χ2n) is 2.98. The molecule has 0 bridgehead atoms. The van der Waals surface area contributed by atoms with Crippen molar-refractivity contribution in [2.75, 3.05) is 5.32 Å². The van der Waals surface area contributed by atoms with Crippen molar-refractivity contribution in [2.24, 2.45) is 0 Å². The number of imidazole rings is 1. The van der Waals surface area contributed by atoms with Crippen molar-refractivity contribution >= 4 is 28.9 Å². The number of carboxylic acid groups (broad SMARTS) is 1. The number of hydrogen-bond acceptors (Lipinski definition) is 5. The first-order valence-corrected chi connectivity index (χ1v) is 4.53. The quantitative estimate of drug-likeness (QED) is 0.638. The molecule has 0 aromatic carbocycles. The highest BCUT2D eigenvalue weighted by molar-refractivity contribution is 6.04. The molecule has 8 nitrogen and oxygen atoms in total. The molecule has 0 saturated heterocycles. The second-order valence-corrected chi connectivity index (χ2v) is 2.98. The number of fused-ring (bicyclic) bond motifs is 1. The number of aromatic nitrogens is 4. The first kappa shape index (κ1) is 10.7. The van der Waals surface area contributed by atoms with Crippen molar-refractivity contribution in [3.8, 4) is 0 Å². The third-order valence-electron chi connectivity index (χ3n) is 1.84. The largest absolute Gasteiger partial charge is 0.478 e. The van der Waals surface area contributed by atoms with Gasteiger partial charge in [0.25, 0.3) is 0 Å². The Labute approximate surface area is 94.4 Å². The van der Waals surface area contributed by atoms with Crippen LogP contribution in [0.4, 0.5) is 5.82 Å². The third kappa shape index (κ3) is 2.43. The van der Waals surface area contributed by atoms with E-state index in [4.69, 9.17) is 5.11 Å². The molecule has 3 N–H and O–H groups in total. The summed E-state index contributed by atoms with van der Waals surface area (Å²) in [4.78, 5) is 35.9. The van der Waals surface area contributed by atoms with Gasteiger partial charge >= 0.3 is 5.97 Å². The molecule has 2 aromatic heterocycles. The number of carbonyl (C=O) groups excluding carboxylic acids is 1. The maximum atomic E-state index is 11.3. The molecule has 17 heavy (non-hydrogen) atoms. The van der Waals surface area contributed by atoms with E-state index in [1.807, 2.05) is 0 Å². The van der Waals surface area contributed by atoms with Crippen molar-refractivity contribution in [3.05, 3.63) is 24.8 Å². The molecule has 0 atom stereocenters. The lowest BCUT2D eigenvalue weighted by atomic mass is 10.4. The summed E-state index contributed by atoms with van der Waals surface area (Å²) in [5.41, 5.74) is 0.891. The average molecular weight is 233 g/mol. The fourth-order valence-corrected chi connectivity index (χ4v) is 1.17. The summed E-state index contributed by atoms with van der Waals surface area (Å²) in [6, 6.07) is 0. The maximum absolute atomic E-state index is 11.3. The van der Waals surface area contributed by atoms with E-state index in [-0.39, 0.29) is 5.82 Å². The van der Waals surface area contributed by atoms with Crippen LogP contribution < -0.4 is 5.32 Å². The highest BCUT2D eigenvalue weighted by Crippen LogP contribution is 2.13. The Balaban J connectivity index is 2.21. The van der Waals surface area contributed by atoms with Gasteiger partial charge in [-0.1, -0.05) is 0 Å². The van der Waals surface area contributed by atoms with Crippen LogP contribution >= 0.6 is 0 Å². The van der Waals surface area contributed by atoms with Crippen molar-refractivity contribution in [2.45, 2.75) is 0 Å². The number of carboxylic acids is 1. The molecule has 0 unspecified atom stereocenters. The summed E-state index contributed by atoms with van der Waals surface area (Å²) >= 11 is 0. The number of amides is 1. The van der Waals surface area contributed by atoms with Gasteiger partial charge < -0.3 is 15.4 Å². The Hall–Kier alpha value is -2.77. The molecule has 0 aliphatic carbocycles. The summed E-state index contributed by atoms with van der Waals surface area (Å²) in [6.45, 7) is 0. The van der Waals surface area contributed by atoms with E-state index in [1.165, 1.54) is 12.7 Å². The fourth-order valence-electron chi connectivity index (χ4n) is 1.17. The molecule has 0 radical (unpaired) electrons. The van der Waals surface area contributed by atoms with E-state index in [0.29, 0.717) is 11.2 Å². The molecule has 2 heterocycles. The minimum atomic E-state index is -1.20. The van der Waals surface area contributed by atoms with Crippen molar-refractivity contribution in [1.82, 2.24) is 19.9 Å². The number of hydrogen-bond donors (Lipinski definition) is 3. The Morgan fingerprint density at radius 1 is 1.29 bits per heavy atom. The lowest BCUT2D eigenvalue weighted by Crippen LogP contribution is -2.10. The van der Waals surface area contributed by atoms with Crippen LogP contribution in [-0.2, 0) is 9.59 Å². The lowest BCUT2D eigenvalue weighted by molar-refractivity contribution is -0.131. The zero-order valence-electron chi connectivity index (χ0n) is 8.41. The van der Waals surface area contributed by atoms with Crippen LogP contribution in [0.3, 0.4) is 0 Å².